The molecular formula is C10H12F2N2O2. The fraction of sp³-hybridized carbons (Fsp3) is 0.300. The number of carbonyl (C=O) groups excluding carboxylic acids is 1. The highest BCUT2D eigenvalue weighted by Crippen LogP contribution is 2.07. The van der Waals surface area contributed by atoms with Crippen molar-refractivity contribution in [2.75, 3.05) is 20.2 Å². The topological polar surface area (TPSA) is 50.4 Å². The fourth-order valence-corrected chi connectivity index (χ4v) is 1.12. The molecule has 0 aliphatic carbocycles. The predicted octanol–water partition coefficient (Wildman–Crippen LogP) is 0.846. The minimum atomic E-state index is -0.778. The van der Waals surface area contributed by atoms with Gasteiger partial charge in [-0.3, -0.25) is 4.79 Å². The maximum absolute atomic E-state index is 12.8. The van der Waals surface area contributed by atoms with E-state index in [0.717, 1.165) is 12.1 Å². The molecule has 1 aromatic rings. The van der Waals surface area contributed by atoms with E-state index in [-0.39, 0.29) is 5.56 Å². The lowest BCUT2D eigenvalue weighted by atomic mass is 10.2. The van der Waals surface area contributed by atoms with E-state index in [1.165, 1.54) is 7.11 Å². The first-order valence-corrected chi connectivity index (χ1v) is 4.63. The monoisotopic (exact) mass is 230 g/mol. The zero-order valence-electron chi connectivity index (χ0n) is 8.72. The van der Waals surface area contributed by atoms with Gasteiger partial charge in [0.2, 0.25) is 0 Å². The molecule has 6 heteroatoms. The summed E-state index contributed by atoms with van der Waals surface area (Å²) >= 11 is 0. The van der Waals surface area contributed by atoms with Crippen molar-refractivity contribution in [1.29, 1.82) is 0 Å². The maximum Gasteiger partial charge on any atom is 0.251 e. The third kappa shape index (κ3) is 3.92. The zero-order chi connectivity index (χ0) is 12.0. The number of hydrogen-bond acceptors (Lipinski definition) is 3. The average molecular weight is 230 g/mol. The molecule has 2 N–H and O–H groups in total. The summed E-state index contributed by atoms with van der Waals surface area (Å²) in [6.07, 6.45) is 0. The summed E-state index contributed by atoms with van der Waals surface area (Å²) < 4.78 is 25.6. The Labute approximate surface area is 91.6 Å². The molecule has 88 valence electrons. The normalized spacial score (nSPS) is 10.2. The summed E-state index contributed by atoms with van der Waals surface area (Å²) in [5, 5.41) is 2.47. The number of carbonyl (C=O) groups is 1. The molecule has 0 bridgehead atoms. The van der Waals surface area contributed by atoms with Crippen molar-refractivity contribution in [3.63, 3.8) is 0 Å². The smallest absolute Gasteiger partial charge is 0.251 e. The Bertz CT molecular complexity index is 352. The molecule has 1 amide bonds. The Kier molecular flexibility index (Phi) is 4.81. The van der Waals surface area contributed by atoms with Gasteiger partial charge in [-0.05, 0) is 12.1 Å². The van der Waals surface area contributed by atoms with Crippen LogP contribution in [0.5, 0.6) is 0 Å². The van der Waals surface area contributed by atoms with Gasteiger partial charge in [0.25, 0.3) is 5.91 Å². The molecule has 0 fully saturated rings. The largest absolute Gasteiger partial charge is 0.351 e. The van der Waals surface area contributed by atoms with Gasteiger partial charge in [0.1, 0.15) is 11.6 Å². The minimum absolute atomic E-state index is 0.0464. The molecule has 0 heterocycles. The first-order chi connectivity index (χ1) is 7.63. The van der Waals surface area contributed by atoms with Gasteiger partial charge in [-0.25, -0.2) is 14.3 Å². The molecule has 0 atom stereocenters. The van der Waals surface area contributed by atoms with Crippen LogP contribution in [0.4, 0.5) is 8.78 Å². The van der Waals surface area contributed by atoms with Crippen LogP contribution in [0.1, 0.15) is 10.4 Å². The van der Waals surface area contributed by atoms with Gasteiger partial charge in [0.05, 0.1) is 7.11 Å². The van der Waals surface area contributed by atoms with Crippen molar-refractivity contribution in [1.82, 2.24) is 10.8 Å². The zero-order valence-corrected chi connectivity index (χ0v) is 8.72. The fourth-order valence-electron chi connectivity index (χ4n) is 1.12. The Hall–Kier alpha value is -1.53. The molecule has 0 spiro atoms. The van der Waals surface area contributed by atoms with E-state index in [1.807, 2.05) is 0 Å². The third-order valence-electron chi connectivity index (χ3n) is 1.78. The molecule has 4 nitrogen and oxygen atoms in total. The van der Waals surface area contributed by atoms with Crippen molar-refractivity contribution in [2.24, 2.45) is 0 Å². The van der Waals surface area contributed by atoms with Crippen LogP contribution in [0.2, 0.25) is 0 Å². The van der Waals surface area contributed by atoms with Crippen LogP contribution in [0.3, 0.4) is 0 Å². The molecule has 1 aromatic carbocycles. The number of benzene rings is 1. The second-order valence-electron chi connectivity index (χ2n) is 3.01. The number of amides is 1. The molecule has 16 heavy (non-hydrogen) atoms. The standard InChI is InChI=1S/C10H12F2N2O2/c1-16-14-3-2-13-10(15)7-4-8(11)6-9(12)5-7/h4-6,14H,2-3H2,1H3,(H,13,15). The summed E-state index contributed by atoms with van der Waals surface area (Å²) in [5.74, 6) is -2.09. The van der Waals surface area contributed by atoms with Gasteiger partial charge in [0, 0.05) is 24.7 Å². The van der Waals surface area contributed by atoms with Crippen LogP contribution >= 0.6 is 0 Å². The van der Waals surface area contributed by atoms with E-state index in [4.69, 9.17) is 0 Å². The van der Waals surface area contributed by atoms with Crippen molar-refractivity contribution >= 4 is 5.91 Å². The second kappa shape index (κ2) is 6.14. The van der Waals surface area contributed by atoms with Gasteiger partial charge >= 0.3 is 0 Å². The molecule has 0 aliphatic rings. The summed E-state index contributed by atoms with van der Waals surface area (Å²) in [6, 6.07) is 2.66. The lowest BCUT2D eigenvalue weighted by Crippen LogP contribution is -2.31. The first kappa shape index (κ1) is 12.5. The lowest BCUT2D eigenvalue weighted by Gasteiger charge is -2.05. The first-order valence-electron chi connectivity index (χ1n) is 4.63. The molecule has 0 saturated carbocycles. The van der Waals surface area contributed by atoms with Crippen molar-refractivity contribution in [3.8, 4) is 0 Å². The molecule has 0 aromatic heterocycles. The molecule has 0 aliphatic heterocycles. The average Bonchev–Trinajstić information content (AvgIpc) is 2.22. The molecular weight excluding hydrogens is 218 g/mol. The van der Waals surface area contributed by atoms with E-state index in [1.54, 1.807) is 0 Å². The van der Waals surface area contributed by atoms with Crippen LogP contribution < -0.4 is 10.8 Å². The number of hydroxylamine groups is 1. The van der Waals surface area contributed by atoms with E-state index in [2.05, 4.69) is 15.6 Å². The van der Waals surface area contributed by atoms with Crippen LogP contribution in [0, 0.1) is 11.6 Å². The molecule has 0 unspecified atom stereocenters. The number of halogens is 2. The SMILES string of the molecule is CONCCNC(=O)c1cc(F)cc(F)c1. The summed E-state index contributed by atoms with van der Waals surface area (Å²) in [5.41, 5.74) is 2.47. The summed E-state index contributed by atoms with van der Waals surface area (Å²) in [7, 11) is 1.45. The highest BCUT2D eigenvalue weighted by Gasteiger charge is 2.08. The Balaban J connectivity index is 2.52. The summed E-state index contributed by atoms with van der Waals surface area (Å²) in [6.45, 7) is 0.699. The summed E-state index contributed by atoms with van der Waals surface area (Å²) in [4.78, 5) is 15.9. The van der Waals surface area contributed by atoms with Crippen LogP contribution in [-0.2, 0) is 4.84 Å². The number of hydrogen-bond donors (Lipinski definition) is 2. The number of rotatable bonds is 5. The van der Waals surface area contributed by atoms with E-state index < -0.39 is 17.5 Å². The van der Waals surface area contributed by atoms with Gasteiger partial charge in [-0.2, -0.15) is 0 Å². The van der Waals surface area contributed by atoms with Crippen LogP contribution in [0.15, 0.2) is 18.2 Å². The van der Waals surface area contributed by atoms with Crippen molar-refractivity contribution in [3.05, 3.63) is 35.4 Å². The third-order valence-corrected chi connectivity index (χ3v) is 1.78. The minimum Gasteiger partial charge on any atom is -0.351 e. The highest BCUT2D eigenvalue weighted by molar-refractivity contribution is 5.94. The van der Waals surface area contributed by atoms with Gasteiger partial charge in [-0.1, -0.05) is 0 Å². The molecule has 0 radical (unpaired) electrons. The van der Waals surface area contributed by atoms with Gasteiger partial charge in [0.15, 0.2) is 0 Å². The molecule has 1 rings (SSSR count). The van der Waals surface area contributed by atoms with E-state index >= 15 is 0 Å². The Morgan fingerprint density at radius 3 is 2.44 bits per heavy atom. The maximum atomic E-state index is 12.8. The van der Waals surface area contributed by atoms with Crippen LogP contribution in [0.25, 0.3) is 0 Å². The molecule has 0 saturated heterocycles. The quantitative estimate of drug-likeness (QED) is 0.582. The highest BCUT2D eigenvalue weighted by atomic mass is 19.1. The van der Waals surface area contributed by atoms with Gasteiger partial charge < -0.3 is 10.2 Å². The van der Waals surface area contributed by atoms with E-state index in [9.17, 15) is 13.6 Å². The predicted molar refractivity (Wildman–Crippen MR) is 53.7 cm³/mol. The number of nitrogens with one attached hydrogen (secondary N) is 2. The van der Waals surface area contributed by atoms with E-state index in [0.29, 0.717) is 19.2 Å². The van der Waals surface area contributed by atoms with Crippen molar-refractivity contribution < 1.29 is 18.4 Å². The van der Waals surface area contributed by atoms with Crippen LogP contribution in [-0.4, -0.2) is 26.1 Å². The Morgan fingerprint density at radius 1 is 1.25 bits per heavy atom. The Morgan fingerprint density at radius 2 is 1.88 bits per heavy atom. The second-order valence-corrected chi connectivity index (χ2v) is 3.01. The van der Waals surface area contributed by atoms with Crippen molar-refractivity contribution in [2.45, 2.75) is 0 Å². The van der Waals surface area contributed by atoms with Gasteiger partial charge in [-0.15, -0.1) is 0 Å². The lowest BCUT2D eigenvalue weighted by molar-refractivity contribution is 0.0863.